The monoisotopic (exact) mass is 277 g/mol. The fourth-order valence-electron chi connectivity index (χ4n) is 1.45. The van der Waals surface area contributed by atoms with E-state index >= 15 is 0 Å². The molecule has 2 rings (SSSR count). The fraction of sp³-hybridized carbons (Fsp3) is 0.231. The third-order valence-electron chi connectivity index (χ3n) is 2.42. The zero-order chi connectivity index (χ0) is 13.8. The van der Waals surface area contributed by atoms with E-state index in [4.69, 9.17) is 0 Å². The molecule has 0 bridgehead atoms. The number of rotatable bonds is 3. The van der Waals surface area contributed by atoms with Gasteiger partial charge in [0.1, 0.15) is 5.75 Å². The highest BCUT2D eigenvalue weighted by molar-refractivity contribution is 7.15. The van der Waals surface area contributed by atoms with Crippen molar-refractivity contribution in [3.05, 3.63) is 35.3 Å². The second-order valence-electron chi connectivity index (χ2n) is 4.35. The Bertz CT molecular complexity index is 581. The smallest absolute Gasteiger partial charge is 0.325 e. The summed E-state index contributed by atoms with van der Waals surface area (Å²) in [6.45, 7) is 4.15. The van der Waals surface area contributed by atoms with Crippen LogP contribution in [0.3, 0.4) is 0 Å². The maximum Gasteiger partial charge on any atom is 0.325 e. The Labute approximate surface area is 115 Å². The molecular weight excluding hydrogens is 262 g/mol. The highest BCUT2D eigenvalue weighted by Gasteiger charge is 2.08. The number of nitrogens with zero attached hydrogens (tertiary/aromatic N) is 1. The predicted molar refractivity (Wildman–Crippen MR) is 77.0 cm³/mol. The molecule has 5 nitrogen and oxygen atoms in total. The van der Waals surface area contributed by atoms with Crippen molar-refractivity contribution in [2.24, 2.45) is 0 Å². The van der Waals surface area contributed by atoms with Crippen molar-refractivity contribution in [2.45, 2.75) is 19.8 Å². The molecule has 6 heteroatoms. The number of nitrogens with one attached hydrogen (secondary N) is 2. The van der Waals surface area contributed by atoms with Gasteiger partial charge >= 0.3 is 6.03 Å². The number of benzene rings is 1. The average Bonchev–Trinajstić information content (AvgIpc) is 2.77. The van der Waals surface area contributed by atoms with Crippen LogP contribution in [0.15, 0.2) is 30.5 Å². The van der Waals surface area contributed by atoms with Gasteiger partial charge in [0.05, 0.1) is 0 Å². The minimum absolute atomic E-state index is 0.106. The van der Waals surface area contributed by atoms with Crippen LogP contribution in [-0.2, 0) is 0 Å². The molecule has 3 N–H and O–H groups in total. The Balaban J connectivity index is 1.97. The number of anilines is 2. The Hall–Kier alpha value is -2.08. The molecule has 0 atom stereocenters. The minimum atomic E-state index is -0.379. The molecule has 0 fully saturated rings. The highest BCUT2D eigenvalue weighted by Crippen LogP contribution is 2.25. The number of aromatic nitrogens is 1. The largest absolute Gasteiger partial charge is 0.508 e. The average molecular weight is 277 g/mol. The van der Waals surface area contributed by atoms with E-state index < -0.39 is 0 Å². The van der Waals surface area contributed by atoms with Crippen molar-refractivity contribution >= 4 is 28.2 Å². The molecule has 2 amide bonds. The highest BCUT2D eigenvalue weighted by atomic mass is 32.1. The lowest BCUT2D eigenvalue weighted by Gasteiger charge is -2.05. The predicted octanol–water partition coefficient (Wildman–Crippen LogP) is 3.62. The van der Waals surface area contributed by atoms with Gasteiger partial charge in [-0.05, 0) is 18.1 Å². The van der Waals surface area contributed by atoms with Gasteiger partial charge < -0.3 is 10.4 Å². The first kappa shape index (κ1) is 13.4. The van der Waals surface area contributed by atoms with Gasteiger partial charge in [0.2, 0.25) is 0 Å². The number of hydrogen-bond donors (Lipinski definition) is 3. The van der Waals surface area contributed by atoms with E-state index in [1.54, 1.807) is 24.4 Å². The molecule has 1 heterocycles. The molecule has 2 aromatic rings. The Morgan fingerprint density at radius 3 is 2.79 bits per heavy atom. The molecule has 1 aromatic carbocycles. The molecule has 0 spiro atoms. The van der Waals surface area contributed by atoms with Gasteiger partial charge in [-0.15, -0.1) is 11.3 Å². The molecular formula is C13H15N3O2S. The minimum Gasteiger partial charge on any atom is -0.508 e. The van der Waals surface area contributed by atoms with Crippen LogP contribution in [0, 0.1) is 0 Å². The third-order valence-corrected chi connectivity index (χ3v) is 3.63. The van der Waals surface area contributed by atoms with Crippen LogP contribution in [0.5, 0.6) is 5.75 Å². The number of aromatic hydroxyl groups is 1. The first-order valence-electron chi connectivity index (χ1n) is 5.87. The Kier molecular flexibility index (Phi) is 4.01. The van der Waals surface area contributed by atoms with E-state index in [1.807, 2.05) is 0 Å². The van der Waals surface area contributed by atoms with Crippen LogP contribution < -0.4 is 10.6 Å². The summed E-state index contributed by atoms with van der Waals surface area (Å²) in [6, 6.07) is 5.99. The lowest BCUT2D eigenvalue weighted by molar-refractivity contribution is 0.262. The number of urea groups is 1. The molecule has 100 valence electrons. The summed E-state index contributed by atoms with van der Waals surface area (Å²) in [4.78, 5) is 17.0. The summed E-state index contributed by atoms with van der Waals surface area (Å²) >= 11 is 1.45. The van der Waals surface area contributed by atoms with Crippen molar-refractivity contribution in [1.82, 2.24) is 4.98 Å². The molecule has 0 radical (unpaired) electrons. The number of thiazole rings is 1. The van der Waals surface area contributed by atoms with Crippen LogP contribution >= 0.6 is 11.3 Å². The second-order valence-corrected chi connectivity index (χ2v) is 5.41. The molecule has 0 aliphatic heterocycles. The number of phenols is 1. The standard InChI is InChI=1S/C13H15N3O2S/c1-8(2)11-7-14-13(19-11)16-12(18)15-9-4-3-5-10(17)6-9/h3-8,17H,1-2H3,(H2,14,15,16,18). The number of amides is 2. The van der Waals surface area contributed by atoms with Gasteiger partial charge in [0.15, 0.2) is 5.13 Å². The van der Waals surface area contributed by atoms with E-state index in [1.165, 1.54) is 17.4 Å². The topological polar surface area (TPSA) is 74.2 Å². The summed E-state index contributed by atoms with van der Waals surface area (Å²) in [5.74, 6) is 0.497. The van der Waals surface area contributed by atoms with Crippen LogP contribution in [0.2, 0.25) is 0 Å². The maximum atomic E-state index is 11.7. The van der Waals surface area contributed by atoms with Crippen LogP contribution in [-0.4, -0.2) is 16.1 Å². The van der Waals surface area contributed by atoms with Crippen LogP contribution in [0.1, 0.15) is 24.6 Å². The zero-order valence-corrected chi connectivity index (χ0v) is 11.5. The third kappa shape index (κ3) is 3.69. The van der Waals surface area contributed by atoms with E-state index in [9.17, 15) is 9.90 Å². The molecule has 0 saturated carbocycles. The van der Waals surface area contributed by atoms with Gasteiger partial charge in [0, 0.05) is 22.8 Å². The van der Waals surface area contributed by atoms with Crippen molar-refractivity contribution in [1.29, 1.82) is 0 Å². The maximum absolute atomic E-state index is 11.7. The van der Waals surface area contributed by atoms with Crippen molar-refractivity contribution in [3.8, 4) is 5.75 Å². The van der Waals surface area contributed by atoms with E-state index in [0.717, 1.165) is 4.88 Å². The lowest BCUT2D eigenvalue weighted by Crippen LogP contribution is -2.19. The summed E-state index contributed by atoms with van der Waals surface area (Å²) in [5.41, 5.74) is 0.526. The summed E-state index contributed by atoms with van der Waals surface area (Å²) in [7, 11) is 0. The lowest BCUT2D eigenvalue weighted by atomic mass is 10.2. The summed E-state index contributed by atoms with van der Waals surface area (Å²) < 4.78 is 0. The fourth-order valence-corrected chi connectivity index (χ4v) is 2.27. The van der Waals surface area contributed by atoms with Gasteiger partial charge in [-0.1, -0.05) is 19.9 Å². The summed E-state index contributed by atoms with van der Waals surface area (Å²) in [6.07, 6.45) is 1.76. The Morgan fingerprint density at radius 1 is 1.37 bits per heavy atom. The number of carbonyl (C=O) groups excluding carboxylic acids is 1. The quantitative estimate of drug-likeness (QED) is 0.802. The van der Waals surface area contributed by atoms with Crippen molar-refractivity contribution in [2.75, 3.05) is 10.6 Å². The molecule has 1 aromatic heterocycles. The normalized spacial score (nSPS) is 10.5. The Morgan fingerprint density at radius 2 is 2.16 bits per heavy atom. The first-order valence-corrected chi connectivity index (χ1v) is 6.69. The van der Waals surface area contributed by atoms with E-state index in [2.05, 4.69) is 29.5 Å². The van der Waals surface area contributed by atoms with Crippen LogP contribution in [0.25, 0.3) is 0 Å². The second kappa shape index (κ2) is 5.71. The number of hydrogen-bond acceptors (Lipinski definition) is 4. The molecule has 19 heavy (non-hydrogen) atoms. The molecule has 0 aliphatic rings. The first-order chi connectivity index (χ1) is 9.04. The van der Waals surface area contributed by atoms with Gasteiger partial charge in [-0.3, -0.25) is 5.32 Å². The molecule has 0 saturated heterocycles. The van der Waals surface area contributed by atoms with Crippen molar-refractivity contribution < 1.29 is 9.90 Å². The number of phenolic OH excluding ortho intramolecular Hbond substituents is 1. The van der Waals surface area contributed by atoms with Gasteiger partial charge in [-0.25, -0.2) is 9.78 Å². The van der Waals surface area contributed by atoms with Crippen molar-refractivity contribution in [3.63, 3.8) is 0 Å². The molecule has 0 unspecified atom stereocenters. The van der Waals surface area contributed by atoms with E-state index in [-0.39, 0.29) is 11.8 Å². The SMILES string of the molecule is CC(C)c1cnc(NC(=O)Nc2cccc(O)c2)s1. The van der Waals surface area contributed by atoms with E-state index in [0.29, 0.717) is 16.7 Å². The number of carbonyl (C=O) groups is 1. The van der Waals surface area contributed by atoms with Gasteiger partial charge in [-0.2, -0.15) is 0 Å². The van der Waals surface area contributed by atoms with Crippen LogP contribution in [0.4, 0.5) is 15.6 Å². The summed E-state index contributed by atoms with van der Waals surface area (Å²) in [5, 5.41) is 15.1. The van der Waals surface area contributed by atoms with Gasteiger partial charge in [0.25, 0.3) is 0 Å². The molecule has 0 aliphatic carbocycles. The zero-order valence-electron chi connectivity index (χ0n) is 10.7.